The van der Waals surface area contributed by atoms with Crippen molar-refractivity contribution in [2.75, 3.05) is 32.8 Å². The lowest BCUT2D eigenvalue weighted by molar-refractivity contribution is -0.00807. The standard InChI is InChI=1S/C23H33N5O.HI/c1-3-24-22(28-13-14-29-21(17-28)19-15-26-27(2)16-19)25-18-23(11-7-8-12-23)20-9-5-4-6-10-20;/h4-6,9-10,15-16,21H,3,7-8,11-14,17-18H2,1-2H3,(H,24,25);1H. The molecule has 6 nitrogen and oxygen atoms in total. The van der Waals surface area contributed by atoms with E-state index < -0.39 is 0 Å². The predicted octanol–water partition coefficient (Wildman–Crippen LogP) is 3.89. The lowest BCUT2D eigenvalue weighted by Gasteiger charge is -2.35. The van der Waals surface area contributed by atoms with E-state index in [1.807, 2.05) is 24.1 Å². The van der Waals surface area contributed by atoms with Crippen LogP contribution in [-0.2, 0) is 17.2 Å². The summed E-state index contributed by atoms with van der Waals surface area (Å²) in [6.07, 6.45) is 9.02. The molecule has 2 aromatic rings. The van der Waals surface area contributed by atoms with E-state index in [0.717, 1.165) is 37.7 Å². The summed E-state index contributed by atoms with van der Waals surface area (Å²) in [5, 5.41) is 7.82. The van der Waals surface area contributed by atoms with Crippen molar-refractivity contribution in [1.29, 1.82) is 0 Å². The number of nitrogens with zero attached hydrogens (tertiary/aromatic N) is 4. The van der Waals surface area contributed by atoms with E-state index in [1.165, 1.54) is 31.2 Å². The summed E-state index contributed by atoms with van der Waals surface area (Å²) in [5.74, 6) is 1.01. The monoisotopic (exact) mass is 523 g/mol. The second kappa shape index (κ2) is 10.6. The van der Waals surface area contributed by atoms with Gasteiger partial charge in [0.15, 0.2) is 5.96 Å². The van der Waals surface area contributed by atoms with Crippen molar-refractivity contribution in [1.82, 2.24) is 20.0 Å². The highest BCUT2D eigenvalue weighted by Gasteiger charge is 2.36. The zero-order valence-electron chi connectivity index (χ0n) is 18.1. The van der Waals surface area contributed by atoms with E-state index in [-0.39, 0.29) is 35.5 Å². The minimum Gasteiger partial charge on any atom is -0.370 e. The van der Waals surface area contributed by atoms with Crippen molar-refractivity contribution in [3.05, 3.63) is 53.9 Å². The molecule has 1 aliphatic heterocycles. The molecular formula is C23H34IN5O. The van der Waals surface area contributed by atoms with E-state index in [2.05, 4.69) is 52.6 Å². The number of aryl methyl sites for hydroxylation is 1. The second-order valence-electron chi connectivity index (χ2n) is 8.28. The predicted molar refractivity (Wildman–Crippen MR) is 131 cm³/mol. The fourth-order valence-corrected chi connectivity index (χ4v) is 4.68. The van der Waals surface area contributed by atoms with Gasteiger partial charge >= 0.3 is 0 Å². The lowest BCUT2D eigenvalue weighted by Crippen LogP contribution is -2.48. The van der Waals surface area contributed by atoms with Crippen LogP contribution in [0.2, 0.25) is 0 Å². The number of aliphatic imine (C=N–C) groups is 1. The molecule has 1 unspecified atom stereocenters. The van der Waals surface area contributed by atoms with Gasteiger partial charge in [-0.3, -0.25) is 9.67 Å². The first-order chi connectivity index (χ1) is 14.2. The molecule has 0 bridgehead atoms. The van der Waals surface area contributed by atoms with Gasteiger partial charge < -0.3 is 15.0 Å². The van der Waals surface area contributed by atoms with Crippen LogP contribution in [-0.4, -0.2) is 53.4 Å². The summed E-state index contributed by atoms with van der Waals surface area (Å²) >= 11 is 0. The number of nitrogens with one attached hydrogen (secondary N) is 1. The van der Waals surface area contributed by atoms with Crippen molar-refractivity contribution in [2.24, 2.45) is 12.0 Å². The molecule has 1 aliphatic carbocycles. The first-order valence-corrected chi connectivity index (χ1v) is 10.9. The van der Waals surface area contributed by atoms with E-state index >= 15 is 0 Å². The van der Waals surface area contributed by atoms with Crippen molar-refractivity contribution in [3.8, 4) is 0 Å². The van der Waals surface area contributed by atoms with Gasteiger partial charge in [-0.2, -0.15) is 5.10 Å². The van der Waals surface area contributed by atoms with Crippen LogP contribution in [0.4, 0.5) is 0 Å². The lowest BCUT2D eigenvalue weighted by atomic mass is 9.79. The van der Waals surface area contributed by atoms with Crippen molar-refractivity contribution >= 4 is 29.9 Å². The Morgan fingerprint density at radius 2 is 2.03 bits per heavy atom. The molecule has 1 N–H and O–H groups in total. The topological polar surface area (TPSA) is 54.7 Å². The third-order valence-corrected chi connectivity index (χ3v) is 6.28. The zero-order chi connectivity index (χ0) is 20.1. The molecule has 1 aromatic heterocycles. The number of hydrogen-bond acceptors (Lipinski definition) is 3. The van der Waals surface area contributed by atoms with Crippen LogP contribution in [0.25, 0.3) is 0 Å². The number of halogens is 1. The van der Waals surface area contributed by atoms with E-state index in [4.69, 9.17) is 9.73 Å². The molecule has 4 rings (SSSR count). The molecule has 2 aliphatic rings. The van der Waals surface area contributed by atoms with Gasteiger partial charge in [0, 0.05) is 37.3 Å². The molecule has 1 aromatic carbocycles. The molecule has 0 spiro atoms. The molecule has 1 saturated carbocycles. The van der Waals surface area contributed by atoms with Gasteiger partial charge in [0.25, 0.3) is 0 Å². The molecule has 1 atom stereocenters. The van der Waals surface area contributed by atoms with Gasteiger partial charge in [-0.15, -0.1) is 24.0 Å². The number of aromatic nitrogens is 2. The van der Waals surface area contributed by atoms with Gasteiger partial charge in [-0.25, -0.2) is 0 Å². The van der Waals surface area contributed by atoms with Gasteiger partial charge in [0.2, 0.25) is 0 Å². The number of hydrogen-bond donors (Lipinski definition) is 1. The Morgan fingerprint density at radius 3 is 2.70 bits per heavy atom. The Labute approximate surface area is 197 Å². The average Bonchev–Trinajstić information content (AvgIpc) is 3.42. The molecule has 0 radical (unpaired) electrons. The number of benzene rings is 1. The summed E-state index contributed by atoms with van der Waals surface area (Å²) in [5.41, 5.74) is 2.74. The largest absolute Gasteiger partial charge is 0.370 e. The normalized spacial score (nSPS) is 21.3. The van der Waals surface area contributed by atoms with E-state index in [9.17, 15) is 0 Å². The number of rotatable bonds is 5. The van der Waals surface area contributed by atoms with Crippen LogP contribution in [0.1, 0.15) is 49.8 Å². The zero-order valence-corrected chi connectivity index (χ0v) is 20.4. The third kappa shape index (κ3) is 5.17. The number of morpholine rings is 1. The van der Waals surface area contributed by atoms with Crippen LogP contribution in [0, 0.1) is 0 Å². The summed E-state index contributed by atoms with van der Waals surface area (Å²) in [7, 11) is 1.94. The Bertz CT molecular complexity index is 816. The first kappa shape index (κ1) is 23.1. The van der Waals surface area contributed by atoms with E-state index in [1.54, 1.807) is 0 Å². The molecule has 30 heavy (non-hydrogen) atoms. The Morgan fingerprint density at radius 1 is 1.27 bits per heavy atom. The number of guanidine groups is 1. The van der Waals surface area contributed by atoms with Crippen LogP contribution in [0.15, 0.2) is 47.7 Å². The fourth-order valence-electron chi connectivity index (χ4n) is 4.68. The van der Waals surface area contributed by atoms with Crippen molar-refractivity contribution in [2.45, 2.75) is 44.1 Å². The highest BCUT2D eigenvalue weighted by atomic mass is 127. The van der Waals surface area contributed by atoms with Crippen LogP contribution < -0.4 is 5.32 Å². The Hall–Kier alpha value is -1.61. The molecule has 2 fully saturated rings. The Kier molecular flexibility index (Phi) is 8.16. The number of ether oxygens (including phenoxy) is 1. The van der Waals surface area contributed by atoms with Gasteiger partial charge in [-0.05, 0) is 25.3 Å². The second-order valence-corrected chi connectivity index (χ2v) is 8.28. The quantitative estimate of drug-likeness (QED) is 0.367. The summed E-state index contributed by atoms with van der Waals surface area (Å²) < 4.78 is 7.86. The van der Waals surface area contributed by atoms with Crippen molar-refractivity contribution < 1.29 is 4.74 Å². The molecule has 1 saturated heterocycles. The van der Waals surface area contributed by atoms with Crippen LogP contribution in [0.3, 0.4) is 0 Å². The summed E-state index contributed by atoms with van der Waals surface area (Å²) in [6.45, 7) is 6.21. The summed E-state index contributed by atoms with van der Waals surface area (Å²) in [6, 6.07) is 11.0. The smallest absolute Gasteiger partial charge is 0.194 e. The average molecular weight is 523 g/mol. The molecular weight excluding hydrogens is 489 g/mol. The molecule has 164 valence electrons. The molecule has 0 amide bonds. The molecule has 7 heteroatoms. The van der Waals surface area contributed by atoms with Crippen LogP contribution in [0.5, 0.6) is 0 Å². The molecule has 2 heterocycles. The summed E-state index contributed by atoms with van der Waals surface area (Å²) in [4.78, 5) is 7.50. The van der Waals surface area contributed by atoms with Crippen LogP contribution >= 0.6 is 24.0 Å². The fraction of sp³-hybridized carbons (Fsp3) is 0.565. The van der Waals surface area contributed by atoms with Crippen molar-refractivity contribution in [3.63, 3.8) is 0 Å². The van der Waals surface area contributed by atoms with E-state index in [0.29, 0.717) is 6.61 Å². The SMILES string of the molecule is CCNC(=NCC1(c2ccccc2)CCCC1)N1CCOC(c2cnn(C)c2)C1.I. The van der Waals surface area contributed by atoms with Gasteiger partial charge in [0.1, 0.15) is 6.10 Å². The maximum atomic E-state index is 6.03. The highest BCUT2D eigenvalue weighted by Crippen LogP contribution is 2.41. The third-order valence-electron chi connectivity index (χ3n) is 6.28. The maximum absolute atomic E-state index is 6.03. The Balaban J connectivity index is 0.00000256. The maximum Gasteiger partial charge on any atom is 0.194 e. The van der Waals surface area contributed by atoms with Gasteiger partial charge in [0.05, 0.1) is 25.9 Å². The minimum absolute atomic E-state index is 0. The highest BCUT2D eigenvalue weighted by molar-refractivity contribution is 14.0. The first-order valence-electron chi connectivity index (χ1n) is 10.9. The minimum atomic E-state index is 0. The van der Waals surface area contributed by atoms with Gasteiger partial charge in [-0.1, -0.05) is 43.2 Å².